The first-order chi connectivity index (χ1) is 14.4. The number of benzene rings is 2. The van der Waals surface area contributed by atoms with Crippen molar-refractivity contribution in [3.63, 3.8) is 0 Å². The number of aliphatic hydroxyl groups excluding tert-OH is 1. The molecule has 0 aliphatic carbocycles. The van der Waals surface area contributed by atoms with Gasteiger partial charge in [0.25, 0.3) is 0 Å². The van der Waals surface area contributed by atoms with Gasteiger partial charge >= 0.3 is 6.16 Å². The number of hydrogen-bond donors (Lipinski definition) is 2. The first-order valence-electron chi connectivity index (χ1n) is 10.3. The van der Waals surface area contributed by atoms with Crippen LogP contribution in [-0.2, 0) is 27.3 Å². The van der Waals surface area contributed by atoms with Crippen LogP contribution in [0.2, 0.25) is 0 Å². The topological polar surface area (TPSA) is 84.9 Å². The van der Waals surface area contributed by atoms with Gasteiger partial charge in [0, 0.05) is 5.41 Å². The van der Waals surface area contributed by atoms with Crippen molar-refractivity contribution >= 4 is 12.1 Å². The Morgan fingerprint density at radius 3 is 2.27 bits per heavy atom. The maximum absolute atomic E-state index is 12.3. The zero-order chi connectivity index (χ0) is 21.6. The second-order valence-electron chi connectivity index (χ2n) is 8.16. The molecule has 1 aliphatic heterocycles. The minimum Gasteiger partial charge on any atom is -0.430 e. The van der Waals surface area contributed by atoms with Crippen LogP contribution in [0.1, 0.15) is 31.4 Å². The highest BCUT2D eigenvalue weighted by molar-refractivity contribution is 5.87. The third-order valence-electron chi connectivity index (χ3n) is 5.89. The zero-order valence-corrected chi connectivity index (χ0v) is 17.4. The molecule has 4 atom stereocenters. The van der Waals surface area contributed by atoms with E-state index in [4.69, 9.17) is 9.47 Å². The molecule has 0 radical (unpaired) electrons. The van der Waals surface area contributed by atoms with Crippen molar-refractivity contribution in [2.45, 2.75) is 45.4 Å². The van der Waals surface area contributed by atoms with E-state index in [0.717, 1.165) is 12.0 Å². The van der Waals surface area contributed by atoms with E-state index in [1.807, 2.05) is 67.6 Å². The fraction of sp³-hybridized carbons (Fsp3) is 0.417. The number of rotatable bonds is 9. The van der Waals surface area contributed by atoms with E-state index in [-0.39, 0.29) is 25.2 Å². The van der Waals surface area contributed by atoms with Crippen LogP contribution in [0.15, 0.2) is 60.7 Å². The quantitative estimate of drug-likeness (QED) is 0.488. The number of carbonyl (C=O) groups is 2. The summed E-state index contributed by atoms with van der Waals surface area (Å²) in [6, 6.07) is 19.1. The molecule has 1 aliphatic rings. The number of carbonyl (C=O) groups excluding carboxylic acids is 2. The van der Waals surface area contributed by atoms with E-state index in [1.165, 1.54) is 5.56 Å². The largest absolute Gasteiger partial charge is 0.508 e. The summed E-state index contributed by atoms with van der Waals surface area (Å²) in [6.07, 6.45) is 0.0142. The average molecular weight is 411 g/mol. The highest BCUT2D eigenvalue weighted by Gasteiger charge is 2.53. The van der Waals surface area contributed by atoms with Crippen LogP contribution in [0.4, 0.5) is 4.79 Å². The minimum atomic E-state index is -0.806. The number of β-lactam (4-membered cyclic amide) rings is 1. The number of aliphatic hydroxyl groups is 1. The molecule has 30 heavy (non-hydrogen) atoms. The van der Waals surface area contributed by atoms with E-state index in [9.17, 15) is 14.7 Å². The summed E-state index contributed by atoms with van der Waals surface area (Å²) in [4.78, 5) is 24.3. The van der Waals surface area contributed by atoms with E-state index in [2.05, 4.69) is 5.32 Å². The van der Waals surface area contributed by atoms with E-state index in [0.29, 0.717) is 6.42 Å². The third-order valence-corrected chi connectivity index (χ3v) is 5.89. The molecule has 1 unspecified atom stereocenters. The fourth-order valence-electron chi connectivity index (χ4n) is 3.87. The molecular weight excluding hydrogens is 382 g/mol. The van der Waals surface area contributed by atoms with E-state index < -0.39 is 23.6 Å². The van der Waals surface area contributed by atoms with Crippen molar-refractivity contribution in [2.24, 2.45) is 11.3 Å². The highest BCUT2D eigenvalue weighted by atomic mass is 16.7. The lowest BCUT2D eigenvalue weighted by Crippen LogP contribution is -2.69. The Bertz CT molecular complexity index is 841. The van der Waals surface area contributed by atoms with Gasteiger partial charge in [0.1, 0.15) is 12.7 Å². The second kappa shape index (κ2) is 9.76. The fourth-order valence-corrected chi connectivity index (χ4v) is 3.87. The Morgan fingerprint density at radius 2 is 1.70 bits per heavy atom. The SMILES string of the molecule is C[C@@H](OC(=O)OCc1ccccc1)[C@H]1C(=O)N[C@@H]1C(C)(CO)CCc1ccccc1. The Kier molecular flexibility index (Phi) is 7.11. The van der Waals surface area contributed by atoms with Gasteiger partial charge in [-0.1, -0.05) is 67.6 Å². The van der Waals surface area contributed by atoms with Crippen molar-refractivity contribution < 1.29 is 24.2 Å². The van der Waals surface area contributed by atoms with Crippen molar-refractivity contribution in [2.75, 3.05) is 6.61 Å². The van der Waals surface area contributed by atoms with Crippen molar-refractivity contribution in [3.8, 4) is 0 Å². The molecule has 6 nitrogen and oxygen atoms in total. The summed E-state index contributed by atoms with van der Waals surface area (Å²) in [6.45, 7) is 3.67. The Hall–Kier alpha value is -2.86. The lowest BCUT2D eigenvalue weighted by atomic mass is 9.67. The molecule has 2 N–H and O–H groups in total. The number of aryl methyl sites for hydroxylation is 1. The van der Waals surface area contributed by atoms with Crippen LogP contribution in [0.3, 0.4) is 0 Å². The molecule has 1 amide bonds. The molecule has 1 heterocycles. The maximum Gasteiger partial charge on any atom is 0.508 e. The Morgan fingerprint density at radius 1 is 1.10 bits per heavy atom. The van der Waals surface area contributed by atoms with Crippen molar-refractivity contribution in [3.05, 3.63) is 71.8 Å². The van der Waals surface area contributed by atoms with Gasteiger partial charge in [-0.2, -0.15) is 0 Å². The molecule has 160 valence electrons. The molecule has 2 aromatic carbocycles. The predicted octanol–water partition coefficient (Wildman–Crippen LogP) is 3.47. The number of amides is 1. The van der Waals surface area contributed by atoms with Gasteiger partial charge in [-0.25, -0.2) is 4.79 Å². The van der Waals surface area contributed by atoms with Crippen LogP contribution in [-0.4, -0.2) is 35.9 Å². The summed E-state index contributed by atoms with van der Waals surface area (Å²) in [5, 5.41) is 13.0. The monoisotopic (exact) mass is 411 g/mol. The molecule has 0 saturated carbocycles. The van der Waals surface area contributed by atoms with Crippen LogP contribution in [0, 0.1) is 11.3 Å². The summed E-state index contributed by atoms with van der Waals surface area (Å²) in [7, 11) is 0. The summed E-state index contributed by atoms with van der Waals surface area (Å²) in [5.41, 5.74) is 1.50. The molecule has 2 aromatic rings. The molecule has 1 fully saturated rings. The first-order valence-corrected chi connectivity index (χ1v) is 10.3. The lowest BCUT2D eigenvalue weighted by Gasteiger charge is -2.49. The highest BCUT2D eigenvalue weighted by Crippen LogP contribution is 2.38. The summed E-state index contributed by atoms with van der Waals surface area (Å²) in [5.74, 6) is -0.704. The van der Waals surface area contributed by atoms with Gasteiger partial charge in [0.05, 0.1) is 18.6 Å². The third kappa shape index (κ3) is 5.19. The molecule has 0 aromatic heterocycles. The minimum absolute atomic E-state index is 0.0769. The number of hydrogen-bond acceptors (Lipinski definition) is 5. The van der Waals surface area contributed by atoms with Gasteiger partial charge in [-0.3, -0.25) is 4.79 Å². The maximum atomic E-state index is 12.3. The molecule has 0 spiro atoms. The molecular formula is C24H29NO5. The standard InChI is InChI=1S/C24H29NO5/c1-17(30-23(28)29-15-19-11-7-4-8-12-19)20-21(25-22(20)27)24(2,16-26)14-13-18-9-5-3-6-10-18/h3-12,17,20-21,26H,13-16H2,1-2H3,(H,25,27)/t17-,20-,21+,24?/m1/s1. The van der Waals surface area contributed by atoms with Gasteiger partial charge < -0.3 is 19.9 Å². The average Bonchev–Trinajstić information content (AvgIpc) is 2.75. The van der Waals surface area contributed by atoms with Gasteiger partial charge in [0.15, 0.2) is 0 Å². The van der Waals surface area contributed by atoms with Crippen LogP contribution in [0.5, 0.6) is 0 Å². The van der Waals surface area contributed by atoms with Crippen LogP contribution in [0.25, 0.3) is 0 Å². The molecule has 6 heteroatoms. The number of nitrogens with one attached hydrogen (secondary N) is 1. The Balaban J connectivity index is 1.56. The lowest BCUT2D eigenvalue weighted by molar-refractivity contribution is -0.149. The van der Waals surface area contributed by atoms with Gasteiger partial charge in [-0.05, 0) is 30.9 Å². The van der Waals surface area contributed by atoms with E-state index >= 15 is 0 Å². The van der Waals surface area contributed by atoms with E-state index in [1.54, 1.807) is 6.92 Å². The second-order valence-corrected chi connectivity index (χ2v) is 8.16. The van der Waals surface area contributed by atoms with Gasteiger partial charge in [-0.15, -0.1) is 0 Å². The Labute approximate surface area is 177 Å². The first kappa shape index (κ1) is 21.8. The zero-order valence-electron chi connectivity index (χ0n) is 17.4. The van der Waals surface area contributed by atoms with Gasteiger partial charge in [0.2, 0.25) is 5.91 Å². The predicted molar refractivity (Wildman–Crippen MR) is 113 cm³/mol. The smallest absolute Gasteiger partial charge is 0.430 e. The van der Waals surface area contributed by atoms with Crippen molar-refractivity contribution in [1.82, 2.24) is 5.32 Å². The molecule has 3 rings (SSSR count). The summed E-state index contributed by atoms with van der Waals surface area (Å²) >= 11 is 0. The van der Waals surface area contributed by atoms with Crippen molar-refractivity contribution in [1.29, 1.82) is 0 Å². The normalized spacial score (nSPS) is 21.0. The van der Waals surface area contributed by atoms with Crippen LogP contribution < -0.4 is 5.32 Å². The molecule has 0 bridgehead atoms. The molecule has 1 saturated heterocycles. The van der Waals surface area contributed by atoms with Crippen LogP contribution >= 0.6 is 0 Å². The number of ether oxygens (including phenoxy) is 2. The summed E-state index contributed by atoms with van der Waals surface area (Å²) < 4.78 is 10.5.